The van der Waals surface area contributed by atoms with Gasteiger partial charge in [-0.1, -0.05) is 13.8 Å². The number of rotatable bonds is 9. The van der Waals surface area contributed by atoms with E-state index in [1.54, 1.807) is 30.9 Å². The molecule has 4 rings (SSSR count). The van der Waals surface area contributed by atoms with Gasteiger partial charge < -0.3 is 29.9 Å². The maximum Gasteiger partial charge on any atom is 0.353 e. The molecule has 210 valence electrons. The van der Waals surface area contributed by atoms with Crippen LogP contribution >= 0.6 is 11.8 Å². The number of ketones is 1. The Labute approximate surface area is 228 Å². The quantitative estimate of drug-likeness (QED) is 0.416. The van der Waals surface area contributed by atoms with Crippen LogP contribution in [-0.4, -0.2) is 100 Å². The van der Waals surface area contributed by atoms with Crippen molar-refractivity contribution >= 4 is 41.2 Å². The number of carbonyl (C=O) groups excluding carboxylic acids is 4. The number of aliphatic carboxylic acids is 1. The number of amides is 3. The number of carboxylic acid groups (broad SMARTS) is 1. The smallest absolute Gasteiger partial charge is 0.353 e. The highest BCUT2D eigenvalue weighted by Gasteiger charge is 2.60. The summed E-state index contributed by atoms with van der Waals surface area (Å²) >= 11 is 1.46. The number of thioether (sulfide) groups is 1. The summed E-state index contributed by atoms with van der Waals surface area (Å²) in [6.45, 7) is 5.91. The van der Waals surface area contributed by atoms with Gasteiger partial charge in [0.1, 0.15) is 11.5 Å². The molecule has 0 radical (unpaired) electrons. The maximum atomic E-state index is 13.3. The van der Waals surface area contributed by atoms with Crippen LogP contribution < -0.4 is 5.32 Å². The van der Waals surface area contributed by atoms with Crippen molar-refractivity contribution in [1.82, 2.24) is 20.0 Å². The summed E-state index contributed by atoms with van der Waals surface area (Å²) < 4.78 is 0. The van der Waals surface area contributed by atoms with Crippen LogP contribution in [0.1, 0.15) is 52.9 Å². The van der Waals surface area contributed by atoms with Gasteiger partial charge in [0, 0.05) is 62.1 Å². The van der Waals surface area contributed by atoms with E-state index in [1.807, 2.05) is 13.8 Å². The van der Waals surface area contributed by atoms with Crippen molar-refractivity contribution in [3.63, 3.8) is 0 Å². The van der Waals surface area contributed by atoms with Crippen molar-refractivity contribution in [2.24, 2.45) is 23.7 Å². The molecule has 2 unspecified atom stereocenters. The normalized spacial score (nSPS) is 33.2. The first kappa shape index (κ1) is 28.6. The zero-order valence-electron chi connectivity index (χ0n) is 23.1. The van der Waals surface area contributed by atoms with E-state index in [-0.39, 0.29) is 76.2 Å². The number of hydrogen-bond donors (Lipinski definition) is 2. The van der Waals surface area contributed by atoms with E-state index in [0.717, 1.165) is 12.8 Å². The highest BCUT2D eigenvalue weighted by atomic mass is 32.2. The molecule has 2 N–H and O–H groups in total. The van der Waals surface area contributed by atoms with Gasteiger partial charge in [0.2, 0.25) is 17.7 Å². The number of nitrogens with zero attached hydrogens (tertiary/aromatic N) is 3. The molecular weight excluding hydrogens is 508 g/mol. The Morgan fingerprint density at radius 2 is 1.82 bits per heavy atom. The second-order valence-electron chi connectivity index (χ2n) is 11.7. The fourth-order valence-corrected chi connectivity index (χ4v) is 8.31. The van der Waals surface area contributed by atoms with Gasteiger partial charge in [-0.25, -0.2) is 4.79 Å². The minimum atomic E-state index is -1.12. The van der Waals surface area contributed by atoms with Crippen molar-refractivity contribution in [2.45, 2.75) is 76.3 Å². The monoisotopic (exact) mass is 548 g/mol. The standard InChI is InChI=1S/C27H40N4O6S/c1-13(9-14(2)32)20-21-15(3)23(22(27(36)37)31(21)26(20)35)38-18-11-19(28-12-18)25(34)30(6)17-8-7-16(10-17)24(33)29(4)5/h13,15-21,28H,7-12H2,1-6H3,(H,36,37)/t13-,15+,16-,17?,18?,19-,20+,21+/m0/s1. The zero-order valence-corrected chi connectivity index (χ0v) is 23.9. The molecule has 1 aliphatic carbocycles. The molecule has 3 fully saturated rings. The average Bonchev–Trinajstić information content (AvgIpc) is 3.56. The second kappa shape index (κ2) is 11.0. The molecule has 0 aromatic rings. The summed E-state index contributed by atoms with van der Waals surface area (Å²) in [7, 11) is 5.32. The topological polar surface area (TPSA) is 127 Å². The Hall–Kier alpha value is -2.40. The summed E-state index contributed by atoms with van der Waals surface area (Å²) in [4.78, 5) is 68.0. The summed E-state index contributed by atoms with van der Waals surface area (Å²) in [5.41, 5.74) is 0.0539. The minimum Gasteiger partial charge on any atom is -0.477 e. The lowest BCUT2D eigenvalue weighted by molar-refractivity contribution is -0.160. The lowest BCUT2D eigenvalue weighted by Crippen LogP contribution is -2.62. The average molecular weight is 549 g/mol. The second-order valence-corrected chi connectivity index (χ2v) is 13.0. The molecule has 3 aliphatic heterocycles. The summed E-state index contributed by atoms with van der Waals surface area (Å²) in [5, 5.41) is 13.3. The number of nitrogens with one attached hydrogen (secondary N) is 1. The van der Waals surface area contributed by atoms with E-state index in [2.05, 4.69) is 5.32 Å². The predicted octanol–water partition coefficient (Wildman–Crippen LogP) is 1.55. The lowest BCUT2D eigenvalue weighted by atomic mass is 9.73. The predicted molar refractivity (Wildman–Crippen MR) is 143 cm³/mol. The van der Waals surface area contributed by atoms with Gasteiger partial charge in [0.15, 0.2) is 0 Å². The third kappa shape index (κ3) is 5.11. The Balaban J connectivity index is 1.39. The number of carboxylic acids is 1. The molecule has 0 spiro atoms. The van der Waals surface area contributed by atoms with E-state index in [0.29, 0.717) is 30.7 Å². The van der Waals surface area contributed by atoms with Gasteiger partial charge in [-0.05, 0) is 38.5 Å². The molecule has 11 heteroatoms. The molecule has 38 heavy (non-hydrogen) atoms. The van der Waals surface area contributed by atoms with Crippen LogP contribution in [0, 0.1) is 23.7 Å². The largest absolute Gasteiger partial charge is 0.477 e. The van der Waals surface area contributed by atoms with Gasteiger partial charge >= 0.3 is 5.97 Å². The third-order valence-electron chi connectivity index (χ3n) is 8.79. The minimum absolute atomic E-state index is 0.0000731. The van der Waals surface area contributed by atoms with E-state index in [9.17, 15) is 29.1 Å². The Kier molecular flexibility index (Phi) is 8.28. The van der Waals surface area contributed by atoms with Gasteiger partial charge in [-0.15, -0.1) is 11.8 Å². The molecule has 3 heterocycles. The van der Waals surface area contributed by atoms with E-state index in [1.165, 1.54) is 23.6 Å². The lowest BCUT2D eigenvalue weighted by Gasteiger charge is -2.47. The molecule has 4 aliphatic rings. The summed E-state index contributed by atoms with van der Waals surface area (Å²) in [6.07, 6.45) is 3.12. The molecule has 3 amide bonds. The number of Topliss-reactive ketones (excluding diaryl/α,β-unsaturated/α-hetero) is 1. The van der Waals surface area contributed by atoms with Crippen LogP contribution in [0.2, 0.25) is 0 Å². The van der Waals surface area contributed by atoms with Crippen molar-refractivity contribution in [3.05, 3.63) is 10.6 Å². The first-order chi connectivity index (χ1) is 17.8. The van der Waals surface area contributed by atoms with Crippen molar-refractivity contribution < 1.29 is 29.1 Å². The Morgan fingerprint density at radius 3 is 2.42 bits per heavy atom. The van der Waals surface area contributed by atoms with Crippen LogP contribution in [0.5, 0.6) is 0 Å². The van der Waals surface area contributed by atoms with Gasteiger partial charge in [-0.3, -0.25) is 14.4 Å². The van der Waals surface area contributed by atoms with E-state index < -0.39 is 5.97 Å². The highest BCUT2D eigenvalue weighted by molar-refractivity contribution is 8.03. The molecular formula is C27H40N4O6S. The summed E-state index contributed by atoms with van der Waals surface area (Å²) in [6, 6.07) is -0.582. The number of fused-ring (bicyclic) bond motifs is 1. The molecule has 0 bridgehead atoms. The number of hydrogen-bond acceptors (Lipinski definition) is 7. The van der Waals surface area contributed by atoms with Crippen LogP contribution in [0.3, 0.4) is 0 Å². The fraction of sp³-hybridized carbons (Fsp3) is 0.741. The van der Waals surface area contributed by atoms with Gasteiger partial charge in [0.05, 0.1) is 18.0 Å². The number of likely N-dealkylation sites (N-methyl/N-ethyl adjacent to an activating group) is 1. The van der Waals surface area contributed by atoms with Gasteiger partial charge in [-0.2, -0.15) is 0 Å². The van der Waals surface area contributed by atoms with E-state index in [4.69, 9.17) is 0 Å². The van der Waals surface area contributed by atoms with Crippen molar-refractivity contribution in [2.75, 3.05) is 27.7 Å². The molecule has 10 nitrogen and oxygen atoms in total. The van der Waals surface area contributed by atoms with Crippen LogP contribution in [0.4, 0.5) is 0 Å². The maximum absolute atomic E-state index is 13.3. The number of β-lactam (4-membered cyclic amide) rings is 1. The van der Waals surface area contributed by atoms with E-state index >= 15 is 0 Å². The highest BCUT2D eigenvalue weighted by Crippen LogP contribution is 2.53. The fourth-order valence-electron chi connectivity index (χ4n) is 6.83. The third-order valence-corrected chi connectivity index (χ3v) is 10.3. The Morgan fingerprint density at radius 1 is 1.13 bits per heavy atom. The number of carbonyl (C=O) groups is 5. The van der Waals surface area contributed by atoms with Crippen molar-refractivity contribution in [3.8, 4) is 0 Å². The van der Waals surface area contributed by atoms with Crippen LogP contribution in [-0.2, 0) is 24.0 Å². The molecule has 0 aromatic carbocycles. The Bertz CT molecular complexity index is 1060. The summed E-state index contributed by atoms with van der Waals surface area (Å²) in [5.74, 6) is -1.91. The molecule has 0 aromatic heterocycles. The molecule has 8 atom stereocenters. The molecule has 2 saturated heterocycles. The zero-order chi connectivity index (χ0) is 28.0. The van der Waals surface area contributed by atoms with Gasteiger partial charge in [0.25, 0.3) is 0 Å². The SMILES string of the molecule is CC(=O)C[C@H](C)[C@H]1C(=O)N2C(C(=O)O)=C(SC3CN[C@H](C(=O)N(C)C4CC[C@H](C(=O)N(C)C)C4)C3)[C@H](C)[C@H]12. The van der Waals surface area contributed by atoms with Crippen LogP contribution in [0.25, 0.3) is 0 Å². The van der Waals surface area contributed by atoms with Crippen LogP contribution in [0.15, 0.2) is 10.6 Å². The first-order valence-electron chi connectivity index (χ1n) is 13.5. The first-order valence-corrected chi connectivity index (χ1v) is 14.4. The van der Waals surface area contributed by atoms with Crippen molar-refractivity contribution in [1.29, 1.82) is 0 Å². The molecule has 1 saturated carbocycles.